The van der Waals surface area contributed by atoms with Crippen molar-refractivity contribution in [1.29, 1.82) is 0 Å². The van der Waals surface area contributed by atoms with E-state index in [1.165, 1.54) is 10.9 Å². The molecule has 0 bridgehead atoms. The van der Waals surface area contributed by atoms with Crippen LogP contribution in [-0.4, -0.2) is 0 Å². The van der Waals surface area contributed by atoms with Crippen molar-refractivity contribution in [1.82, 2.24) is 0 Å². The van der Waals surface area contributed by atoms with Crippen molar-refractivity contribution in [3.8, 4) is 0 Å². The van der Waals surface area contributed by atoms with Crippen LogP contribution in [0.5, 0.6) is 0 Å². The fourth-order valence-electron chi connectivity index (χ4n) is 3.50. The maximum atomic E-state index is 6.34. The van der Waals surface area contributed by atoms with Gasteiger partial charge in [-0.1, -0.05) is 54.6 Å². The summed E-state index contributed by atoms with van der Waals surface area (Å²) in [6, 6.07) is 27.3. The van der Waals surface area contributed by atoms with Crippen molar-refractivity contribution >= 4 is 44.1 Å². The van der Waals surface area contributed by atoms with Crippen LogP contribution in [0.1, 0.15) is 5.56 Å². The molecule has 1 heterocycles. The van der Waals surface area contributed by atoms with Gasteiger partial charge in [0.1, 0.15) is 5.58 Å². The lowest BCUT2D eigenvalue weighted by atomic mass is 10.1. The van der Waals surface area contributed by atoms with E-state index in [2.05, 4.69) is 91.1 Å². The quantitative estimate of drug-likeness (QED) is 0.387. The molecule has 0 saturated carbocycles. The minimum atomic E-state index is 0.898. The lowest BCUT2D eigenvalue weighted by Gasteiger charge is -2.07. The van der Waals surface area contributed by atoms with E-state index in [1.54, 1.807) is 0 Å². The molecule has 0 aliphatic heterocycles. The lowest BCUT2D eigenvalue weighted by molar-refractivity contribution is 0.674. The van der Waals surface area contributed by atoms with Crippen molar-refractivity contribution in [2.24, 2.45) is 0 Å². The summed E-state index contributed by atoms with van der Waals surface area (Å²) in [5.74, 6) is 0. The molecule has 25 heavy (non-hydrogen) atoms. The van der Waals surface area contributed by atoms with Crippen LogP contribution in [-0.2, 0) is 0 Å². The second kappa shape index (κ2) is 5.38. The van der Waals surface area contributed by atoms with Crippen molar-refractivity contribution in [3.63, 3.8) is 0 Å². The smallest absolute Gasteiger partial charge is 0.158 e. The van der Waals surface area contributed by atoms with E-state index in [4.69, 9.17) is 4.42 Å². The first kappa shape index (κ1) is 14.1. The number of furan rings is 1. The Morgan fingerprint density at radius 1 is 0.680 bits per heavy atom. The van der Waals surface area contributed by atoms with Crippen LogP contribution in [0.15, 0.2) is 83.3 Å². The number of nitrogens with one attached hydrogen (secondary N) is 1. The van der Waals surface area contributed by atoms with Crippen LogP contribution in [0.25, 0.3) is 32.7 Å². The summed E-state index contributed by atoms with van der Waals surface area (Å²) < 4.78 is 6.34. The Morgan fingerprint density at radius 3 is 2.40 bits per heavy atom. The average molecular weight is 323 g/mol. The average Bonchev–Trinajstić information content (AvgIpc) is 3.02. The van der Waals surface area contributed by atoms with Crippen molar-refractivity contribution < 1.29 is 4.42 Å². The van der Waals surface area contributed by atoms with Crippen LogP contribution in [0.3, 0.4) is 0 Å². The largest absolute Gasteiger partial charge is 0.453 e. The summed E-state index contributed by atoms with van der Waals surface area (Å²) in [5, 5.41) is 8.14. The summed E-state index contributed by atoms with van der Waals surface area (Å²) in [4.78, 5) is 0. The van der Waals surface area contributed by atoms with Gasteiger partial charge in [0.2, 0.25) is 0 Å². The first-order valence-electron chi connectivity index (χ1n) is 8.46. The van der Waals surface area contributed by atoms with Crippen LogP contribution < -0.4 is 5.32 Å². The number of anilines is 2. The summed E-state index contributed by atoms with van der Waals surface area (Å²) >= 11 is 0. The lowest BCUT2D eigenvalue weighted by Crippen LogP contribution is -1.90. The van der Waals surface area contributed by atoms with Gasteiger partial charge in [0, 0.05) is 21.8 Å². The molecule has 0 spiro atoms. The maximum Gasteiger partial charge on any atom is 0.158 e. The topological polar surface area (TPSA) is 25.2 Å². The molecular formula is C23H17NO. The van der Waals surface area contributed by atoms with Gasteiger partial charge < -0.3 is 9.73 Å². The molecule has 5 aromatic rings. The van der Waals surface area contributed by atoms with Crippen LogP contribution in [0, 0.1) is 6.92 Å². The van der Waals surface area contributed by atoms with E-state index >= 15 is 0 Å². The maximum absolute atomic E-state index is 6.34. The number of para-hydroxylation sites is 1. The summed E-state index contributed by atoms with van der Waals surface area (Å²) in [5.41, 5.74) is 5.14. The zero-order valence-electron chi connectivity index (χ0n) is 13.9. The summed E-state index contributed by atoms with van der Waals surface area (Å²) in [6.07, 6.45) is 0. The van der Waals surface area contributed by atoms with Gasteiger partial charge in [0.05, 0.1) is 5.69 Å². The monoisotopic (exact) mass is 323 g/mol. The molecule has 4 aromatic carbocycles. The van der Waals surface area contributed by atoms with E-state index in [1.807, 2.05) is 0 Å². The van der Waals surface area contributed by atoms with Crippen molar-refractivity contribution in [2.75, 3.05) is 5.32 Å². The Morgan fingerprint density at radius 2 is 1.48 bits per heavy atom. The van der Waals surface area contributed by atoms with Crippen LogP contribution in [0.4, 0.5) is 11.4 Å². The summed E-state index contributed by atoms with van der Waals surface area (Å²) in [6.45, 7) is 2.10. The fourth-order valence-corrected chi connectivity index (χ4v) is 3.50. The standard InChI is InChI=1S/C23H17NO/c1-15-6-4-8-17(14-15)24-21-11-5-10-19-20-13-12-16-7-2-3-9-18(16)22(20)25-23(19)21/h2-14,24H,1H3. The van der Waals surface area contributed by atoms with Crippen molar-refractivity contribution in [3.05, 3.63) is 84.4 Å². The first-order chi connectivity index (χ1) is 12.3. The van der Waals surface area contributed by atoms with Gasteiger partial charge in [-0.2, -0.15) is 0 Å². The number of benzene rings is 4. The molecule has 0 atom stereocenters. The molecule has 1 N–H and O–H groups in total. The van der Waals surface area contributed by atoms with E-state index in [0.717, 1.165) is 38.7 Å². The minimum Gasteiger partial charge on any atom is -0.453 e. The second-order valence-electron chi connectivity index (χ2n) is 6.44. The van der Waals surface area contributed by atoms with E-state index in [-0.39, 0.29) is 0 Å². The molecule has 0 fully saturated rings. The van der Waals surface area contributed by atoms with Crippen LogP contribution >= 0.6 is 0 Å². The molecule has 0 amide bonds. The number of aryl methyl sites for hydroxylation is 1. The molecule has 120 valence electrons. The molecule has 2 nitrogen and oxygen atoms in total. The molecule has 0 aliphatic carbocycles. The Balaban J connectivity index is 1.76. The highest BCUT2D eigenvalue weighted by atomic mass is 16.3. The zero-order chi connectivity index (χ0) is 16.8. The van der Waals surface area contributed by atoms with Gasteiger partial charge in [-0.05, 0) is 42.1 Å². The Labute approximate surface area is 145 Å². The Kier molecular flexibility index (Phi) is 3.04. The third-order valence-electron chi connectivity index (χ3n) is 4.69. The molecule has 0 saturated heterocycles. The molecule has 0 unspecified atom stereocenters. The Hall–Kier alpha value is -3.26. The predicted molar refractivity (Wildman–Crippen MR) is 106 cm³/mol. The SMILES string of the molecule is Cc1cccc(Nc2cccc3c2oc2c4ccccc4ccc32)c1. The van der Waals surface area contributed by atoms with E-state index in [9.17, 15) is 0 Å². The highest BCUT2D eigenvalue weighted by Crippen LogP contribution is 2.37. The molecule has 5 rings (SSSR count). The molecule has 0 radical (unpaired) electrons. The molecule has 0 aliphatic rings. The predicted octanol–water partition coefficient (Wildman–Crippen LogP) is 6.79. The van der Waals surface area contributed by atoms with Crippen LogP contribution in [0.2, 0.25) is 0 Å². The Bertz CT molecular complexity index is 1230. The highest BCUT2D eigenvalue weighted by molar-refractivity contribution is 6.17. The molecular weight excluding hydrogens is 306 g/mol. The second-order valence-corrected chi connectivity index (χ2v) is 6.44. The van der Waals surface area contributed by atoms with Gasteiger partial charge in [-0.15, -0.1) is 0 Å². The third-order valence-corrected chi connectivity index (χ3v) is 4.69. The first-order valence-corrected chi connectivity index (χ1v) is 8.46. The summed E-state index contributed by atoms with van der Waals surface area (Å²) in [7, 11) is 0. The number of rotatable bonds is 2. The van der Waals surface area contributed by atoms with Crippen molar-refractivity contribution in [2.45, 2.75) is 6.92 Å². The number of hydrogen-bond donors (Lipinski definition) is 1. The van der Waals surface area contributed by atoms with Gasteiger partial charge in [0.15, 0.2) is 5.58 Å². The number of hydrogen-bond acceptors (Lipinski definition) is 2. The molecule has 1 aromatic heterocycles. The van der Waals surface area contributed by atoms with Gasteiger partial charge >= 0.3 is 0 Å². The highest BCUT2D eigenvalue weighted by Gasteiger charge is 2.13. The normalized spacial score (nSPS) is 11.4. The number of fused-ring (bicyclic) bond motifs is 5. The minimum absolute atomic E-state index is 0.898. The fraction of sp³-hybridized carbons (Fsp3) is 0.0435. The third kappa shape index (κ3) is 2.26. The zero-order valence-corrected chi connectivity index (χ0v) is 13.9. The molecule has 2 heteroatoms. The van der Waals surface area contributed by atoms with Gasteiger partial charge in [-0.25, -0.2) is 0 Å². The van der Waals surface area contributed by atoms with E-state index < -0.39 is 0 Å². The van der Waals surface area contributed by atoms with Gasteiger partial charge in [0.25, 0.3) is 0 Å². The van der Waals surface area contributed by atoms with E-state index in [0.29, 0.717) is 0 Å². The van der Waals surface area contributed by atoms with Gasteiger partial charge in [-0.3, -0.25) is 0 Å².